The summed E-state index contributed by atoms with van der Waals surface area (Å²) >= 11 is 5.87. The fourth-order valence-electron chi connectivity index (χ4n) is 2.03. The number of rotatable bonds is 5. The standard InChI is InChI=1S/C16H18ClN3O/c1-3-19-15-10-18-9-8-14(15)16(21)20-11(2)12-4-6-13(17)7-5-12/h4-11,19H,3H2,1-2H3,(H,20,21). The summed E-state index contributed by atoms with van der Waals surface area (Å²) in [4.78, 5) is 16.4. The third-order valence-electron chi connectivity index (χ3n) is 3.15. The minimum Gasteiger partial charge on any atom is -0.383 e. The Balaban J connectivity index is 2.12. The number of anilines is 1. The molecule has 0 aliphatic rings. The third-order valence-corrected chi connectivity index (χ3v) is 3.40. The molecule has 2 aromatic rings. The number of benzene rings is 1. The van der Waals surface area contributed by atoms with E-state index < -0.39 is 0 Å². The van der Waals surface area contributed by atoms with Crippen molar-refractivity contribution in [2.75, 3.05) is 11.9 Å². The molecule has 0 saturated carbocycles. The molecular formula is C16H18ClN3O. The van der Waals surface area contributed by atoms with Crippen LogP contribution in [0, 0.1) is 0 Å². The number of hydrogen-bond acceptors (Lipinski definition) is 3. The summed E-state index contributed by atoms with van der Waals surface area (Å²) in [6, 6.07) is 9.06. The van der Waals surface area contributed by atoms with Crippen LogP contribution in [0.5, 0.6) is 0 Å². The molecule has 1 atom stereocenters. The zero-order valence-electron chi connectivity index (χ0n) is 12.1. The van der Waals surface area contributed by atoms with E-state index in [1.165, 1.54) is 0 Å². The van der Waals surface area contributed by atoms with E-state index in [1.807, 2.05) is 38.1 Å². The molecule has 0 spiro atoms. The van der Waals surface area contributed by atoms with Crippen LogP contribution < -0.4 is 10.6 Å². The van der Waals surface area contributed by atoms with Gasteiger partial charge < -0.3 is 10.6 Å². The SMILES string of the molecule is CCNc1cnccc1C(=O)NC(C)c1ccc(Cl)cc1. The van der Waals surface area contributed by atoms with Gasteiger partial charge in [0, 0.05) is 17.8 Å². The van der Waals surface area contributed by atoms with Crippen molar-refractivity contribution in [3.8, 4) is 0 Å². The monoisotopic (exact) mass is 303 g/mol. The lowest BCUT2D eigenvalue weighted by atomic mass is 10.1. The van der Waals surface area contributed by atoms with Crippen LogP contribution in [0.3, 0.4) is 0 Å². The van der Waals surface area contributed by atoms with Gasteiger partial charge in [0.15, 0.2) is 0 Å². The van der Waals surface area contributed by atoms with Gasteiger partial charge in [-0.15, -0.1) is 0 Å². The summed E-state index contributed by atoms with van der Waals surface area (Å²) in [7, 11) is 0. The van der Waals surface area contributed by atoms with Gasteiger partial charge in [-0.25, -0.2) is 0 Å². The lowest BCUT2D eigenvalue weighted by Crippen LogP contribution is -2.27. The van der Waals surface area contributed by atoms with Crippen LogP contribution in [-0.4, -0.2) is 17.4 Å². The molecule has 1 aromatic carbocycles. The minimum absolute atomic E-state index is 0.0996. The zero-order chi connectivity index (χ0) is 15.2. The van der Waals surface area contributed by atoms with E-state index in [1.54, 1.807) is 18.5 Å². The highest BCUT2D eigenvalue weighted by Crippen LogP contribution is 2.18. The van der Waals surface area contributed by atoms with Crippen LogP contribution in [0.2, 0.25) is 5.02 Å². The number of halogens is 1. The molecule has 1 amide bonds. The topological polar surface area (TPSA) is 54.0 Å². The zero-order valence-corrected chi connectivity index (χ0v) is 12.8. The normalized spacial score (nSPS) is 11.8. The molecule has 1 aromatic heterocycles. The van der Waals surface area contributed by atoms with Gasteiger partial charge in [0.2, 0.25) is 0 Å². The van der Waals surface area contributed by atoms with Crippen molar-refractivity contribution in [1.82, 2.24) is 10.3 Å². The molecule has 1 unspecified atom stereocenters. The van der Waals surface area contributed by atoms with Gasteiger partial charge in [-0.3, -0.25) is 9.78 Å². The average molecular weight is 304 g/mol. The summed E-state index contributed by atoms with van der Waals surface area (Å²) in [5, 5.41) is 6.80. The summed E-state index contributed by atoms with van der Waals surface area (Å²) in [5.74, 6) is -0.129. The molecule has 2 N–H and O–H groups in total. The fourth-order valence-corrected chi connectivity index (χ4v) is 2.16. The average Bonchev–Trinajstić information content (AvgIpc) is 2.48. The molecule has 0 aliphatic heterocycles. The number of aromatic nitrogens is 1. The second kappa shape index (κ2) is 7.09. The summed E-state index contributed by atoms with van der Waals surface area (Å²) in [5.41, 5.74) is 2.33. The second-order valence-electron chi connectivity index (χ2n) is 4.70. The van der Waals surface area contributed by atoms with Crippen molar-refractivity contribution in [2.45, 2.75) is 19.9 Å². The third kappa shape index (κ3) is 3.95. The highest BCUT2D eigenvalue weighted by Gasteiger charge is 2.14. The van der Waals surface area contributed by atoms with Crippen molar-refractivity contribution in [3.05, 3.63) is 58.9 Å². The fraction of sp³-hybridized carbons (Fsp3) is 0.250. The molecule has 110 valence electrons. The van der Waals surface area contributed by atoms with Crippen molar-refractivity contribution in [1.29, 1.82) is 0 Å². The van der Waals surface area contributed by atoms with Gasteiger partial charge in [0.05, 0.1) is 23.5 Å². The smallest absolute Gasteiger partial charge is 0.253 e. The molecule has 0 radical (unpaired) electrons. The lowest BCUT2D eigenvalue weighted by molar-refractivity contribution is 0.0940. The number of carbonyl (C=O) groups is 1. The predicted molar refractivity (Wildman–Crippen MR) is 85.7 cm³/mol. The minimum atomic E-state index is -0.129. The van der Waals surface area contributed by atoms with Crippen molar-refractivity contribution < 1.29 is 4.79 Å². The Morgan fingerprint density at radius 3 is 2.67 bits per heavy atom. The van der Waals surface area contributed by atoms with Crippen LogP contribution >= 0.6 is 11.6 Å². The second-order valence-corrected chi connectivity index (χ2v) is 5.13. The number of nitrogens with zero attached hydrogens (tertiary/aromatic N) is 1. The Morgan fingerprint density at radius 1 is 1.29 bits per heavy atom. The van der Waals surface area contributed by atoms with Crippen molar-refractivity contribution >= 4 is 23.2 Å². The Hall–Kier alpha value is -2.07. The largest absolute Gasteiger partial charge is 0.383 e. The van der Waals surface area contributed by atoms with Gasteiger partial charge in [0.1, 0.15) is 0 Å². The molecular weight excluding hydrogens is 286 g/mol. The van der Waals surface area contributed by atoms with E-state index in [2.05, 4.69) is 15.6 Å². The van der Waals surface area contributed by atoms with Crippen LogP contribution in [-0.2, 0) is 0 Å². The Morgan fingerprint density at radius 2 is 2.00 bits per heavy atom. The first-order valence-electron chi connectivity index (χ1n) is 6.86. The molecule has 0 saturated heterocycles. The van der Waals surface area contributed by atoms with Crippen LogP contribution in [0.15, 0.2) is 42.7 Å². The van der Waals surface area contributed by atoms with Crippen molar-refractivity contribution in [2.24, 2.45) is 0 Å². The first kappa shape index (κ1) is 15.3. The number of amides is 1. The van der Waals surface area contributed by atoms with E-state index >= 15 is 0 Å². The van der Waals surface area contributed by atoms with Crippen LogP contribution in [0.1, 0.15) is 35.8 Å². The summed E-state index contributed by atoms with van der Waals surface area (Å²) in [6.07, 6.45) is 3.27. The Bertz CT molecular complexity index is 613. The molecule has 5 heteroatoms. The van der Waals surface area contributed by atoms with E-state index in [4.69, 9.17) is 11.6 Å². The quantitative estimate of drug-likeness (QED) is 0.886. The lowest BCUT2D eigenvalue weighted by Gasteiger charge is -2.16. The van der Waals surface area contributed by atoms with Gasteiger partial charge >= 0.3 is 0 Å². The molecule has 0 fully saturated rings. The van der Waals surface area contributed by atoms with E-state index in [0.29, 0.717) is 10.6 Å². The molecule has 2 rings (SSSR count). The van der Waals surface area contributed by atoms with Crippen LogP contribution in [0.4, 0.5) is 5.69 Å². The first-order valence-corrected chi connectivity index (χ1v) is 7.23. The number of hydrogen-bond donors (Lipinski definition) is 2. The van der Waals surface area contributed by atoms with E-state index in [9.17, 15) is 4.79 Å². The Kier molecular flexibility index (Phi) is 5.17. The van der Waals surface area contributed by atoms with E-state index in [-0.39, 0.29) is 11.9 Å². The first-order chi connectivity index (χ1) is 10.1. The number of nitrogens with one attached hydrogen (secondary N) is 2. The maximum atomic E-state index is 12.4. The number of carbonyl (C=O) groups excluding carboxylic acids is 1. The molecule has 0 aliphatic carbocycles. The van der Waals surface area contributed by atoms with Crippen LogP contribution in [0.25, 0.3) is 0 Å². The molecule has 1 heterocycles. The predicted octanol–water partition coefficient (Wildman–Crippen LogP) is 3.66. The highest BCUT2D eigenvalue weighted by atomic mass is 35.5. The summed E-state index contributed by atoms with van der Waals surface area (Å²) in [6.45, 7) is 4.65. The summed E-state index contributed by atoms with van der Waals surface area (Å²) < 4.78 is 0. The van der Waals surface area contributed by atoms with Gasteiger partial charge in [-0.2, -0.15) is 0 Å². The van der Waals surface area contributed by atoms with E-state index in [0.717, 1.165) is 17.8 Å². The van der Waals surface area contributed by atoms with Gasteiger partial charge in [-0.1, -0.05) is 23.7 Å². The van der Waals surface area contributed by atoms with Gasteiger partial charge in [0.25, 0.3) is 5.91 Å². The van der Waals surface area contributed by atoms with Crippen molar-refractivity contribution in [3.63, 3.8) is 0 Å². The molecule has 0 bridgehead atoms. The molecule has 4 nitrogen and oxygen atoms in total. The maximum Gasteiger partial charge on any atom is 0.253 e. The number of pyridine rings is 1. The Labute approximate surface area is 129 Å². The maximum absolute atomic E-state index is 12.4. The highest BCUT2D eigenvalue weighted by molar-refractivity contribution is 6.30. The van der Waals surface area contributed by atoms with Gasteiger partial charge in [-0.05, 0) is 37.6 Å². The molecule has 21 heavy (non-hydrogen) atoms.